The second-order valence-corrected chi connectivity index (χ2v) is 3.63. The summed E-state index contributed by atoms with van der Waals surface area (Å²) in [6.07, 6.45) is 5.35. The average molecular weight is 214 g/mol. The first-order chi connectivity index (χ1) is 7.75. The Morgan fingerprint density at radius 2 is 2.19 bits per heavy atom. The molecule has 0 fully saturated rings. The van der Waals surface area contributed by atoms with E-state index in [2.05, 4.69) is 15.3 Å². The number of hydrogen-bond donors (Lipinski definition) is 2. The second kappa shape index (κ2) is 4.61. The lowest BCUT2D eigenvalue weighted by Gasteiger charge is -2.08. The summed E-state index contributed by atoms with van der Waals surface area (Å²) in [5, 5.41) is 3.29. The number of nitrogen functional groups attached to an aromatic ring is 1. The molecular weight excluding hydrogens is 200 g/mol. The van der Waals surface area contributed by atoms with Crippen molar-refractivity contribution in [1.82, 2.24) is 9.97 Å². The molecule has 0 aliphatic heterocycles. The molecule has 0 aliphatic carbocycles. The van der Waals surface area contributed by atoms with Gasteiger partial charge in [0.25, 0.3) is 0 Å². The van der Waals surface area contributed by atoms with E-state index in [0.717, 1.165) is 12.2 Å². The third-order valence-electron chi connectivity index (χ3n) is 2.40. The minimum atomic E-state index is 0.524. The number of nitrogens with zero attached hydrogens (tertiary/aromatic N) is 2. The van der Waals surface area contributed by atoms with Crippen LogP contribution in [0.4, 0.5) is 11.5 Å². The van der Waals surface area contributed by atoms with Crippen LogP contribution >= 0.6 is 0 Å². The van der Waals surface area contributed by atoms with Crippen LogP contribution in [-0.2, 0) is 6.54 Å². The van der Waals surface area contributed by atoms with E-state index >= 15 is 0 Å². The zero-order valence-corrected chi connectivity index (χ0v) is 9.14. The minimum Gasteiger partial charge on any atom is -0.384 e. The molecule has 82 valence electrons. The molecule has 0 spiro atoms. The molecule has 0 bridgehead atoms. The fraction of sp³-hybridized carbons (Fsp3) is 0.167. The van der Waals surface area contributed by atoms with Gasteiger partial charge in [0.05, 0.1) is 0 Å². The van der Waals surface area contributed by atoms with Gasteiger partial charge in [-0.1, -0.05) is 0 Å². The Morgan fingerprint density at radius 1 is 1.31 bits per heavy atom. The van der Waals surface area contributed by atoms with Crippen LogP contribution in [0.15, 0.2) is 36.8 Å². The molecule has 2 aromatic heterocycles. The van der Waals surface area contributed by atoms with Crippen molar-refractivity contribution in [2.24, 2.45) is 0 Å². The van der Waals surface area contributed by atoms with Gasteiger partial charge in [0.15, 0.2) is 0 Å². The van der Waals surface area contributed by atoms with Crippen LogP contribution in [0.1, 0.15) is 11.1 Å². The van der Waals surface area contributed by atoms with Gasteiger partial charge in [-0.15, -0.1) is 0 Å². The Hall–Kier alpha value is -2.10. The number of aromatic nitrogens is 2. The van der Waals surface area contributed by atoms with Crippen LogP contribution in [0.25, 0.3) is 0 Å². The summed E-state index contributed by atoms with van der Waals surface area (Å²) >= 11 is 0. The van der Waals surface area contributed by atoms with Crippen molar-refractivity contribution in [3.05, 3.63) is 47.9 Å². The van der Waals surface area contributed by atoms with Gasteiger partial charge in [0, 0.05) is 36.9 Å². The molecule has 3 N–H and O–H groups in total. The largest absolute Gasteiger partial charge is 0.384 e. The standard InChI is InChI=1S/C12H14N4/c1-9-7-14-4-2-10(9)8-16-11-3-5-15-12(13)6-11/h2-7H,8H2,1H3,(H3,13,15,16). The molecule has 0 aliphatic rings. The van der Waals surface area contributed by atoms with Crippen LogP contribution < -0.4 is 11.1 Å². The lowest BCUT2D eigenvalue weighted by molar-refractivity contribution is 1.09. The monoisotopic (exact) mass is 214 g/mol. The average Bonchev–Trinajstić information content (AvgIpc) is 2.28. The fourth-order valence-corrected chi connectivity index (χ4v) is 1.46. The van der Waals surface area contributed by atoms with E-state index in [1.165, 1.54) is 11.1 Å². The number of hydrogen-bond acceptors (Lipinski definition) is 4. The molecule has 4 heteroatoms. The number of rotatable bonds is 3. The summed E-state index contributed by atoms with van der Waals surface area (Å²) in [5.74, 6) is 0.524. The van der Waals surface area contributed by atoms with E-state index in [1.54, 1.807) is 12.4 Å². The third kappa shape index (κ3) is 2.48. The van der Waals surface area contributed by atoms with Gasteiger partial charge in [0.2, 0.25) is 0 Å². The van der Waals surface area contributed by atoms with Crippen molar-refractivity contribution in [2.75, 3.05) is 11.1 Å². The second-order valence-electron chi connectivity index (χ2n) is 3.63. The van der Waals surface area contributed by atoms with Gasteiger partial charge in [-0.05, 0) is 30.2 Å². The van der Waals surface area contributed by atoms with E-state index in [-0.39, 0.29) is 0 Å². The van der Waals surface area contributed by atoms with Crippen LogP contribution in [0.2, 0.25) is 0 Å². The molecule has 0 atom stereocenters. The van der Waals surface area contributed by atoms with Gasteiger partial charge >= 0.3 is 0 Å². The molecule has 0 aromatic carbocycles. The molecule has 0 saturated carbocycles. The maximum Gasteiger partial charge on any atom is 0.125 e. The Morgan fingerprint density at radius 3 is 2.94 bits per heavy atom. The number of anilines is 2. The van der Waals surface area contributed by atoms with E-state index in [0.29, 0.717) is 5.82 Å². The Balaban J connectivity index is 2.05. The highest BCUT2D eigenvalue weighted by molar-refractivity contribution is 5.50. The molecule has 2 aromatic rings. The SMILES string of the molecule is Cc1cnccc1CNc1ccnc(N)c1. The number of nitrogens with one attached hydrogen (secondary N) is 1. The highest BCUT2D eigenvalue weighted by atomic mass is 14.9. The van der Waals surface area contributed by atoms with Crippen molar-refractivity contribution in [1.29, 1.82) is 0 Å². The first kappa shape index (κ1) is 10.4. The van der Waals surface area contributed by atoms with Crippen LogP contribution in [-0.4, -0.2) is 9.97 Å². The molecule has 0 radical (unpaired) electrons. The molecule has 0 amide bonds. The van der Waals surface area contributed by atoms with E-state index in [1.807, 2.05) is 31.3 Å². The predicted molar refractivity (Wildman–Crippen MR) is 65.0 cm³/mol. The normalized spacial score (nSPS) is 10.1. The smallest absolute Gasteiger partial charge is 0.125 e. The van der Waals surface area contributed by atoms with E-state index < -0.39 is 0 Å². The van der Waals surface area contributed by atoms with Crippen molar-refractivity contribution in [3.8, 4) is 0 Å². The third-order valence-corrected chi connectivity index (χ3v) is 2.40. The summed E-state index contributed by atoms with van der Waals surface area (Å²) in [7, 11) is 0. The predicted octanol–water partition coefficient (Wildman–Crippen LogP) is 1.98. The van der Waals surface area contributed by atoms with Gasteiger partial charge in [0.1, 0.15) is 5.82 Å². The molecule has 2 heterocycles. The van der Waals surface area contributed by atoms with E-state index in [4.69, 9.17) is 5.73 Å². The van der Waals surface area contributed by atoms with Crippen LogP contribution in [0.5, 0.6) is 0 Å². The Labute approximate surface area is 94.5 Å². The van der Waals surface area contributed by atoms with Gasteiger partial charge in [-0.3, -0.25) is 4.98 Å². The topological polar surface area (TPSA) is 63.8 Å². The van der Waals surface area contributed by atoms with Crippen molar-refractivity contribution in [3.63, 3.8) is 0 Å². The van der Waals surface area contributed by atoms with Crippen molar-refractivity contribution in [2.45, 2.75) is 13.5 Å². The lowest BCUT2D eigenvalue weighted by atomic mass is 10.1. The Bertz CT molecular complexity index is 482. The molecule has 4 nitrogen and oxygen atoms in total. The minimum absolute atomic E-state index is 0.524. The molecule has 0 unspecified atom stereocenters. The zero-order valence-electron chi connectivity index (χ0n) is 9.14. The van der Waals surface area contributed by atoms with Gasteiger partial charge in [-0.2, -0.15) is 0 Å². The Kier molecular flexibility index (Phi) is 3.00. The quantitative estimate of drug-likeness (QED) is 0.820. The molecular formula is C12H14N4. The summed E-state index contributed by atoms with van der Waals surface area (Å²) < 4.78 is 0. The van der Waals surface area contributed by atoms with Crippen LogP contribution in [0.3, 0.4) is 0 Å². The zero-order chi connectivity index (χ0) is 11.4. The summed E-state index contributed by atoms with van der Waals surface area (Å²) in [6.45, 7) is 2.81. The van der Waals surface area contributed by atoms with Gasteiger partial charge in [-0.25, -0.2) is 4.98 Å². The summed E-state index contributed by atoms with van der Waals surface area (Å²) in [4.78, 5) is 8.00. The highest BCUT2D eigenvalue weighted by Gasteiger charge is 1.98. The number of pyridine rings is 2. The van der Waals surface area contributed by atoms with E-state index in [9.17, 15) is 0 Å². The molecule has 0 saturated heterocycles. The molecule has 2 rings (SSSR count). The number of nitrogens with two attached hydrogens (primary N) is 1. The van der Waals surface area contributed by atoms with Gasteiger partial charge < -0.3 is 11.1 Å². The maximum atomic E-state index is 5.60. The van der Waals surface area contributed by atoms with Crippen LogP contribution in [0, 0.1) is 6.92 Å². The maximum absolute atomic E-state index is 5.60. The lowest BCUT2D eigenvalue weighted by Crippen LogP contribution is -2.02. The summed E-state index contributed by atoms with van der Waals surface area (Å²) in [5.41, 5.74) is 8.98. The summed E-state index contributed by atoms with van der Waals surface area (Å²) in [6, 6.07) is 5.72. The van der Waals surface area contributed by atoms with Crippen molar-refractivity contribution >= 4 is 11.5 Å². The number of aryl methyl sites for hydroxylation is 1. The first-order valence-corrected chi connectivity index (χ1v) is 5.10. The molecule has 16 heavy (non-hydrogen) atoms. The fourth-order valence-electron chi connectivity index (χ4n) is 1.46. The van der Waals surface area contributed by atoms with Crippen molar-refractivity contribution < 1.29 is 0 Å². The first-order valence-electron chi connectivity index (χ1n) is 5.10. The highest BCUT2D eigenvalue weighted by Crippen LogP contribution is 2.12.